The van der Waals surface area contributed by atoms with E-state index in [1.54, 1.807) is 0 Å². The molecule has 1 amide bonds. The van der Waals surface area contributed by atoms with Gasteiger partial charge in [-0.05, 0) is 29.3 Å². The van der Waals surface area contributed by atoms with Crippen LogP contribution < -0.4 is 5.56 Å². The lowest BCUT2D eigenvalue weighted by molar-refractivity contribution is -0.142. The summed E-state index contributed by atoms with van der Waals surface area (Å²) in [6.45, 7) is 0.126. The highest BCUT2D eigenvalue weighted by atomic mass is 19.1. The summed E-state index contributed by atoms with van der Waals surface area (Å²) in [5.74, 6) is -2.23. The van der Waals surface area contributed by atoms with Crippen LogP contribution in [0.15, 0.2) is 53.3 Å². The highest BCUT2D eigenvalue weighted by Gasteiger charge is 2.35. The lowest BCUT2D eigenvalue weighted by Crippen LogP contribution is -2.48. The van der Waals surface area contributed by atoms with Crippen molar-refractivity contribution in [3.05, 3.63) is 81.4 Å². The molecule has 136 valence electrons. The van der Waals surface area contributed by atoms with Crippen LogP contribution in [0.2, 0.25) is 0 Å². The topological polar surface area (TPSA) is 90.5 Å². The SMILES string of the molecule is O=C(O)[C@H]1Cc2ccccc2CN1C(=O)c1cc(=O)[nH]c2cc(F)ccc12. The van der Waals surface area contributed by atoms with E-state index in [9.17, 15) is 23.9 Å². The largest absolute Gasteiger partial charge is 0.480 e. The number of fused-ring (bicyclic) bond motifs is 2. The Balaban J connectivity index is 1.83. The summed E-state index contributed by atoms with van der Waals surface area (Å²) in [6.07, 6.45) is 0.187. The highest BCUT2D eigenvalue weighted by molar-refractivity contribution is 6.07. The molecule has 0 saturated heterocycles. The van der Waals surface area contributed by atoms with E-state index in [0.29, 0.717) is 5.39 Å². The van der Waals surface area contributed by atoms with E-state index < -0.39 is 29.3 Å². The Bertz CT molecular complexity index is 1140. The monoisotopic (exact) mass is 366 g/mol. The summed E-state index contributed by atoms with van der Waals surface area (Å²) < 4.78 is 13.5. The molecule has 3 aromatic rings. The second kappa shape index (κ2) is 6.35. The molecule has 0 bridgehead atoms. The number of nitrogens with one attached hydrogen (secondary N) is 1. The standard InChI is InChI=1S/C20H15FN2O4/c21-13-5-6-14-15(9-18(24)22-16(14)8-13)19(25)23-10-12-4-2-1-3-11(12)7-17(23)20(26)27/h1-6,8-9,17H,7,10H2,(H,22,24)(H,26,27)/t17-/m1/s1. The molecule has 0 saturated carbocycles. The minimum Gasteiger partial charge on any atom is -0.480 e. The Labute approximate surface area is 152 Å². The highest BCUT2D eigenvalue weighted by Crippen LogP contribution is 2.27. The molecule has 7 heteroatoms. The van der Waals surface area contributed by atoms with E-state index in [-0.39, 0.29) is 24.0 Å². The van der Waals surface area contributed by atoms with Crippen molar-refractivity contribution in [3.8, 4) is 0 Å². The third-order valence-corrected chi connectivity index (χ3v) is 4.83. The van der Waals surface area contributed by atoms with Gasteiger partial charge in [-0.15, -0.1) is 0 Å². The number of hydrogen-bond acceptors (Lipinski definition) is 3. The van der Waals surface area contributed by atoms with Crippen LogP contribution >= 0.6 is 0 Å². The van der Waals surface area contributed by atoms with E-state index >= 15 is 0 Å². The van der Waals surface area contributed by atoms with Gasteiger partial charge in [0.25, 0.3) is 5.91 Å². The van der Waals surface area contributed by atoms with Gasteiger partial charge in [0.05, 0.1) is 11.1 Å². The summed E-state index contributed by atoms with van der Waals surface area (Å²) in [7, 11) is 0. The van der Waals surface area contributed by atoms with E-state index in [4.69, 9.17) is 0 Å². The number of carboxylic acid groups (broad SMARTS) is 1. The van der Waals surface area contributed by atoms with Crippen LogP contribution in [0.4, 0.5) is 4.39 Å². The third-order valence-electron chi connectivity index (χ3n) is 4.83. The molecule has 2 aromatic carbocycles. The smallest absolute Gasteiger partial charge is 0.326 e. The van der Waals surface area contributed by atoms with Crippen LogP contribution in [-0.4, -0.2) is 32.9 Å². The van der Waals surface area contributed by atoms with E-state index in [1.165, 1.54) is 17.0 Å². The second-order valence-corrected chi connectivity index (χ2v) is 6.50. The quantitative estimate of drug-likeness (QED) is 0.728. The van der Waals surface area contributed by atoms with Crippen molar-refractivity contribution >= 4 is 22.8 Å². The van der Waals surface area contributed by atoms with Gasteiger partial charge < -0.3 is 15.0 Å². The minimum atomic E-state index is -1.11. The number of halogens is 1. The van der Waals surface area contributed by atoms with Gasteiger partial charge in [0.1, 0.15) is 11.9 Å². The molecule has 0 radical (unpaired) electrons. The summed E-state index contributed by atoms with van der Waals surface area (Å²) in [4.78, 5) is 40.7. The summed E-state index contributed by atoms with van der Waals surface area (Å²) in [6, 6.07) is 11.2. The second-order valence-electron chi connectivity index (χ2n) is 6.50. The molecule has 1 aromatic heterocycles. The van der Waals surface area contributed by atoms with Gasteiger partial charge in [-0.1, -0.05) is 24.3 Å². The summed E-state index contributed by atoms with van der Waals surface area (Å²) >= 11 is 0. The van der Waals surface area contributed by atoms with Crippen molar-refractivity contribution in [2.45, 2.75) is 19.0 Å². The van der Waals surface area contributed by atoms with Gasteiger partial charge in [0.2, 0.25) is 5.56 Å². The summed E-state index contributed by atoms with van der Waals surface area (Å²) in [5.41, 5.74) is 1.44. The number of H-pyrrole nitrogens is 1. The maximum Gasteiger partial charge on any atom is 0.326 e. The van der Waals surface area contributed by atoms with Crippen LogP contribution in [0.5, 0.6) is 0 Å². The fraction of sp³-hybridized carbons (Fsp3) is 0.150. The average molecular weight is 366 g/mol. The van der Waals surface area contributed by atoms with Crippen LogP contribution in [0, 0.1) is 5.82 Å². The van der Waals surface area contributed by atoms with Gasteiger partial charge in [-0.25, -0.2) is 9.18 Å². The molecule has 0 spiro atoms. The first-order valence-corrected chi connectivity index (χ1v) is 8.37. The molecule has 2 N–H and O–H groups in total. The minimum absolute atomic E-state index is 0.0550. The molecule has 1 aliphatic rings. The van der Waals surface area contributed by atoms with E-state index in [1.807, 2.05) is 24.3 Å². The molecule has 4 rings (SSSR count). The number of carbonyl (C=O) groups excluding carboxylic acids is 1. The maximum atomic E-state index is 13.5. The van der Waals surface area contributed by atoms with Crippen molar-refractivity contribution in [1.29, 1.82) is 0 Å². The fourth-order valence-corrected chi connectivity index (χ4v) is 3.52. The van der Waals surface area contributed by atoms with Crippen molar-refractivity contribution in [2.24, 2.45) is 0 Å². The number of rotatable bonds is 2. The normalized spacial score (nSPS) is 16.2. The Morgan fingerprint density at radius 2 is 1.85 bits per heavy atom. The van der Waals surface area contributed by atoms with Crippen molar-refractivity contribution < 1.29 is 19.1 Å². The number of carbonyl (C=O) groups is 2. The number of carboxylic acids is 1. The molecule has 1 aliphatic heterocycles. The number of hydrogen-bond donors (Lipinski definition) is 2. The molecule has 27 heavy (non-hydrogen) atoms. The zero-order valence-corrected chi connectivity index (χ0v) is 14.1. The average Bonchev–Trinajstić information content (AvgIpc) is 2.65. The van der Waals surface area contributed by atoms with Crippen molar-refractivity contribution in [3.63, 3.8) is 0 Å². The predicted octanol–water partition coefficient (Wildman–Crippen LogP) is 2.32. The Hall–Kier alpha value is -3.48. The number of aromatic amines is 1. The number of aromatic nitrogens is 1. The predicted molar refractivity (Wildman–Crippen MR) is 96.0 cm³/mol. The van der Waals surface area contributed by atoms with Crippen LogP contribution in [0.25, 0.3) is 10.9 Å². The Kier molecular flexibility index (Phi) is 3.99. The first kappa shape index (κ1) is 17.0. The molecule has 0 fully saturated rings. The molecule has 2 heterocycles. The molecule has 6 nitrogen and oxygen atoms in total. The molecular weight excluding hydrogens is 351 g/mol. The van der Waals surface area contributed by atoms with Crippen molar-refractivity contribution in [1.82, 2.24) is 9.88 Å². The van der Waals surface area contributed by atoms with E-state index in [2.05, 4.69) is 4.98 Å². The van der Waals surface area contributed by atoms with Gasteiger partial charge in [-0.2, -0.15) is 0 Å². The first-order chi connectivity index (χ1) is 12.9. The Morgan fingerprint density at radius 3 is 2.59 bits per heavy atom. The van der Waals surface area contributed by atoms with Gasteiger partial charge in [-0.3, -0.25) is 9.59 Å². The Morgan fingerprint density at radius 1 is 1.11 bits per heavy atom. The van der Waals surface area contributed by atoms with Gasteiger partial charge in [0.15, 0.2) is 0 Å². The molecule has 0 unspecified atom stereocenters. The lowest BCUT2D eigenvalue weighted by atomic mass is 9.93. The number of nitrogens with zero attached hydrogens (tertiary/aromatic N) is 1. The van der Waals surface area contributed by atoms with Crippen LogP contribution in [-0.2, 0) is 17.8 Å². The number of amides is 1. The fourth-order valence-electron chi connectivity index (χ4n) is 3.52. The van der Waals surface area contributed by atoms with Gasteiger partial charge >= 0.3 is 5.97 Å². The zero-order chi connectivity index (χ0) is 19.1. The maximum absolute atomic E-state index is 13.5. The van der Waals surface area contributed by atoms with Gasteiger partial charge in [0, 0.05) is 24.4 Å². The molecular formula is C20H15FN2O4. The van der Waals surface area contributed by atoms with E-state index in [0.717, 1.165) is 23.3 Å². The molecule has 1 atom stereocenters. The summed E-state index contributed by atoms with van der Waals surface area (Å²) in [5, 5.41) is 9.99. The third kappa shape index (κ3) is 2.97. The number of benzene rings is 2. The van der Waals surface area contributed by atoms with Crippen LogP contribution in [0.3, 0.4) is 0 Å². The number of pyridine rings is 1. The van der Waals surface area contributed by atoms with Crippen LogP contribution in [0.1, 0.15) is 21.5 Å². The zero-order valence-electron chi connectivity index (χ0n) is 14.1. The molecule has 0 aliphatic carbocycles. The lowest BCUT2D eigenvalue weighted by Gasteiger charge is -2.34. The van der Waals surface area contributed by atoms with Crippen molar-refractivity contribution in [2.75, 3.05) is 0 Å². The number of aliphatic carboxylic acids is 1. The first-order valence-electron chi connectivity index (χ1n) is 8.37.